The second-order valence-electron chi connectivity index (χ2n) is 23.6. The van der Waals surface area contributed by atoms with E-state index in [1.807, 2.05) is 0 Å². The normalized spacial score (nSPS) is 14.2. The van der Waals surface area contributed by atoms with Crippen LogP contribution in [0.25, 0.3) is 0 Å². The predicted octanol–water partition coefficient (Wildman–Crippen LogP) is 17.8. The molecule has 0 fully saturated rings. The number of carbonyl (C=O) groups is 4. The van der Waals surface area contributed by atoms with E-state index in [0.29, 0.717) is 25.7 Å². The Kier molecular flexibility index (Phi) is 56.4. The lowest BCUT2D eigenvalue weighted by molar-refractivity contribution is -0.161. The number of aliphatic hydroxyl groups is 1. The largest absolute Gasteiger partial charge is 0.472 e. The molecule has 0 aromatic carbocycles. The first-order valence-corrected chi connectivity index (χ1v) is 36.6. The van der Waals surface area contributed by atoms with Crippen molar-refractivity contribution in [3.8, 4) is 0 Å². The molecule has 17 nitrogen and oxygen atoms in total. The lowest BCUT2D eigenvalue weighted by atomic mass is 10.0. The maximum absolute atomic E-state index is 13.0. The maximum Gasteiger partial charge on any atom is 0.472 e. The zero-order valence-electron chi connectivity index (χ0n) is 53.3. The summed E-state index contributed by atoms with van der Waals surface area (Å²) in [5, 5.41) is 10.5. The molecule has 0 spiro atoms. The molecular formula is C64H124O17P2. The molecule has 0 aromatic heterocycles. The van der Waals surface area contributed by atoms with Crippen LogP contribution in [0.1, 0.15) is 324 Å². The molecule has 0 aliphatic rings. The van der Waals surface area contributed by atoms with E-state index in [2.05, 4.69) is 34.6 Å². The number of rotatable bonds is 64. The quantitative estimate of drug-likeness (QED) is 0.0222. The van der Waals surface area contributed by atoms with Gasteiger partial charge in [0.25, 0.3) is 0 Å². The van der Waals surface area contributed by atoms with Crippen LogP contribution < -0.4 is 0 Å². The van der Waals surface area contributed by atoms with Gasteiger partial charge in [-0.3, -0.25) is 37.3 Å². The summed E-state index contributed by atoms with van der Waals surface area (Å²) in [5.41, 5.74) is 0. The second-order valence-corrected chi connectivity index (χ2v) is 26.5. The topological polar surface area (TPSA) is 237 Å². The fourth-order valence-corrected chi connectivity index (χ4v) is 11.2. The zero-order chi connectivity index (χ0) is 61.3. The van der Waals surface area contributed by atoms with Crippen molar-refractivity contribution in [1.29, 1.82) is 0 Å². The molecule has 0 radical (unpaired) electrons. The molecule has 5 atom stereocenters. The number of hydrogen-bond acceptors (Lipinski definition) is 15. The van der Waals surface area contributed by atoms with Gasteiger partial charge in [0.15, 0.2) is 12.2 Å². The Labute approximate surface area is 505 Å². The van der Waals surface area contributed by atoms with Crippen LogP contribution >= 0.6 is 15.6 Å². The molecule has 492 valence electrons. The average molecular weight is 1230 g/mol. The van der Waals surface area contributed by atoms with E-state index in [0.717, 1.165) is 102 Å². The Morgan fingerprint density at radius 1 is 0.325 bits per heavy atom. The molecule has 0 aromatic rings. The smallest absolute Gasteiger partial charge is 0.462 e. The first kappa shape index (κ1) is 81.1. The van der Waals surface area contributed by atoms with Gasteiger partial charge in [0, 0.05) is 25.7 Å². The Morgan fingerprint density at radius 3 is 0.819 bits per heavy atom. The molecule has 0 bridgehead atoms. The zero-order valence-corrected chi connectivity index (χ0v) is 55.1. The Bertz CT molecular complexity index is 1620. The summed E-state index contributed by atoms with van der Waals surface area (Å²) in [6.45, 7) is 7.03. The average Bonchev–Trinajstić information content (AvgIpc) is 3.45. The fourth-order valence-electron chi connectivity index (χ4n) is 9.58. The highest BCUT2D eigenvalue weighted by Gasteiger charge is 2.30. The Balaban J connectivity index is 5.08. The molecule has 83 heavy (non-hydrogen) atoms. The van der Waals surface area contributed by atoms with Gasteiger partial charge in [-0.15, -0.1) is 0 Å². The van der Waals surface area contributed by atoms with Crippen LogP contribution in [0.15, 0.2) is 0 Å². The van der Waals surface area contributed by atoms with Crippen LogP contribution in [0.5, 0.6) is 0 Å². The summed E-state index contributed by atoms with van der Waals surface area (Å²) >= 11 is 0. The van der Waals surface area contributed by atoms with Crippen LogP contribution in [-0.2, 0) is 65.4 Å². The summed E-state index contributed by atoms with van der Waals surface area (Å²) in [6.07, 6.45) is 42.6. The first-order valence-electron chi connectivity index (χ1n) is 33.6. The number of hydrogen-bond donors (Lipinski definition) is 3. The molecule has 0 rings (SSSR count). The van der Waals surface area contributed by atoms with Crippen molar-refractivity contribution in [1.82, 2.24) is 0 Å². The number of aliphatic hydroxyl groups excluding tert-OH is 1. The summed E-state index contributed by atoms with van der Waals surface area (Å²) < 4.78 is 67.6. The van der Waals surface area contributed by atoms with Crippen molar-refractivity contribution in [3.63, 3.8) is 0 Å². The van der Waals surface area contributed by atoms with Gasteiger partial charge in [0.05, 0.1) is 26.4 Å². The molecular weight excluding hydrogens is 1100 g/mol. The Morgan fingerprint density at radius 2 is 0.554 bits per heavy atom. The van der Waals surface area contributed by atoms with Crippen molar-refractivity contribution in [2.75, 3.05) is 39.6 Å². The van der Waals surface area contributed by atoms with Crippen LogP contribution in [-0.4, -0.2) is 96.7 Å². The van der Waals surface area contributed by atoms with Gasteiger partial charge in [0.2, 0.25) is 0 Å². The lowest BCUT2D eigenvalue weighted by Gasteiger charge is -2.21. The highest BCUT2D eigenvalue weighted by Crippen LogP contribution is 2.45. The van der Waals surface area contributed by atoms with Crippen LogP contribution in [0.3, 0.4) is 0 Å². The van der Waals surface area contributed by atoms with E-state index >= 15 is 0 Å². The molecule has 2 unspecified atom stereocenters. The van der Waals surface area contributed by atoms with Gasteiger partial charge in [-0.25, -0.2) is 9.13 Å². The number of phosphoric ester groups is 2. The highest BCUT2D eigenvalue weighted by atomic mass is 31.2. The summed E-state index contributed by atoms with van der Waals surface area (Å²) in [6, 6.07) is 0. The van der Waals surface area contributed by atoms with Gasteiger partial charge >= 0.3 is 39.5 Å². The highest BCUT2D eigenvalue weighted by molar-refractivity contribution is 7.47. The van der Waals surface area contributed by atoms with Crippen molar-refractivity contribution >= 4 is 39.5 Å². The van der Waals surface area contributed by atoms with Gasteiger partial charge in [-0.1, -0.05) is 272 Å². The van der Waals surface area contributed by atoms with Crippen LogP contribution in [0.4, 0.5) is 0 Å². The van der Waals surface area contributed by atoms with E-state index in [1.165, 1.54) is 141 Å². The molecule has 0 saturated carbocycles. The minimum Gasteiger partial charge on any atom is -0.462 e. The third-order valence-corrected chi connectivity index (χ3v) is 16.7. The minimum absolute atomic E-state index is 0.0989. The van der Waals surface area contributed by atoms with Crippen molar-refractivity contribution in [3.05, 3.63) is 0 Å². The summed E-state index contributed by atoms with van der Waals surface area (Å²) in [5.74, 6) is -1.37. The van der Waals surface area contributed by atoms with Gasteiger partial charge in [-0.2, -0.15) is 0 Å². The molecule has 0 amide bonds. The van der Waals surface area contributed by atoms with Crippen LogP contribution in [0.2, 0.25) is 0 Å². The minimum atomic E-state index is -4.94. The van der Waals surface area contributed by atoms with E-state index in [9.17, 15) is 43.2 Å². The molecule has 3 N–H and O–H groups in total. The monoisotopic (exact) mass is 1230 g/mol. The van der Waals surface area contributed by atoms with E-state index < -0.39 is 97.5 Å². The van der Waals surface area contributed by atoms with Crippen molar-refractivity contribution in [2.45, 2.75) is 342 Å². The maximum atomic E-state index is 13.0. The predicted molar refractivity (Wildman–Crippen MR) is 331 cm³/mol. The second kappa shape index (κ2) is 57.8. The standard InChI is InChI=1S/C64H124O17P2/c1-6-9-12-15-16-17-18-19-20-21-22-23-24-29-32-35-40-45-50-64(69)81-60(54-75-62(67)48-43-39-34-31-28-26-25-27-30-33-38-41-46-57(4)5)56-79-83(72,73)77-52-58(65)51-76-82(70,71)78-55-59(80-63(68)49-44-37-14-11-8-3)53-74-61(66)47-42-36-13-10-7-2/h57-60,65H,6-56H2,1-5H3,(H,70,71)(H,72,73)/t58-,59+,60+/m0/s1. The van der Waals surface area contributed by atoms with E-state index in [4.69, 9.17) is 37.0 Å². The van der Waals surface area contributed by atoms with Gasteiger partial charge < -0.3 is 33.8 Å². The molecule has 0 aliphatic heterocycles. The fraction of sp³-hybridized carbons (Fsp3) is 0.938. The van der Waals surface area contributed by atoms with Gasteiger partial charge in [-0.05, 0) is 31.6 Å². The number of phosphoric acid groups is 2. The molecule has 0 saturated heterocycles. The number of unbranched alkanes of at least 4 members (excludes halogenated alkanes) is 36. The van der Waals surface area contributed by atoms with E-state index in [1.54, 1.807) is 0 Å². The van der Waals surface area contributed by atoms with Gasteiger partial charge in [0.1, 0.15) is 19.3 Å². The number of esters is 4. The third kappa shape index (κ3) is 58.8. The molecule has 19 heteroatoms. The SMILES string of the molecule is CCCCCCCCCCCCCCCCCCCCC(=O)O[C@H](COC(=O)CCCCCCCCCCCCCCC(C)C)COP(=O)(O)OC[C@@H](O)COP(=O)(O)OC[C@@H](COC(=O)CCCCCCC)OC(=O)CCCCCCC. The number of carbonyl (C=O) groups excluding carboxylic acids is 4. The van der Waals surface area contributed by atoms with Crippen molar-refractivity contribution in [2.24, 2.45) is 5.92 Å². The lowest BCUT2D eigenvalue weighted by Crippen LogP contribution is -2.30. The Hall–Kier alpha value is -1.94. The molecule has 0 aliphatic carbocycles. The van der Waals surface area contributed by atoms with E-state index in [-0.39, 0.29) is 25.7 Å². The summed E-state index contributed by atoms with van der Waals surface area (Å²) in [4.78, 5) is 71.7. The first-order chi connectivity index (χ1) is 40.0. The summed E-state index contributed by atoms with van der Waals surface area (Å²) in [7, 11) is -9.87. The van der Waals surface area contributed by atoms with Crippen molar-refractivity contribution < 1.29 is 80.2 Å². The van der Waals surface area contributed by atoms with Crippen LogP contribution in [0, 0.1) is 5.92 Å². The molecule has 0 heterocycles. The third-order valence-electron chi connectivity index (χ3n) is 14.8. The number of ether oxygens (including phenoxy) is 4.